The maximum absolute atomic E-state index is 11.3. The van der Waals surface area contributed by atoms with Crippen LogP contribution in [0.5, 0.6) is 0 Å². The summed E-state index contributed by atoms with van der Waals surface area (Å²) in [4.78, 5) is 2.34. The van der Waals surface area contributed by atoms with E-state index in [1.165, 1.54) is 19.1 Å². The second kappa shape index (κ2) is 6.54. The first-order chi connectivity index (χ1) is 7.54. The number of rotatable bonds is 6. The van der Waals surface area contributed by atoms with Crippen LogP contribution in [0, 0.1) is 0 Å². The number of sulfonamides is 1. The molecule has 0 aromatic rings. The predicted molar refractivity (Wildman–Crippen MR) is 66.0 cm³/mol. The van der Waals surface area contributed by atoms with E-state index in [0.29, 0.717) is 13.1 Å². The maximum atomic E-state index is 11.3. The largest absolute Gasteiger partial charge is 0.320 e. The highest BCUT2D eigenvalue weighted by Gasteiger charge is 2.22. The zero-order valence-electron chi connectivity index (χ0n) is 10.3. The summed E-state index contributed by atoms with van der Waals surface area (Å²) in [6.45, 7) is 5.16. The van der Waals surface area contributed by atoms with Crippen LogP contribution in [-0.4, -0.2) is 70.2 Å². The third-order valence-corrected chi connectivity index (χ3v) is 4.25. The van der Waals surface area contributed by atoms with E-state index < -0.39 is 10.0 Å². The van der Waals surface area contributed by atoms with Gasteiger partial charge in [0.15, 0.2) is 0 Å². The summed E-state index contributed by atoms with van der Waals surface area (Å²) in [5.41, 5.74) is 0. The van der Waals surface area contributed by atoms with Gasteiger partial charge >= 0.3 is 0 Å². The average Bonchev–Trinajstić information content (AvgIpc) is 2.24. The Morgan fingerprint density at radius 2 is 1.75 bits per heavy atom. The second-order valence-corrected chi connectivity index (χ2v) is 6.30. The van der Waals surface area contributed by atoms with Crippen LogP contribution >= 0.6 is 0 Å². The van der Waals surface area contributed by atoms with Crippen molar-refractivity contribution in [3.05, 3.63) is 0 Å². The van der Waals surface area contributed by atoms with Crippen LogP contribution in [0.1, 0.15) is 12.8 Å². The molecule has 96 valence electrons. The van der Waals surface area contributed by atoms with Crippen molar-refractivity contribution in [3.63, 3.8) is 0 Å². The quantitative estimate of drug-likeness (QED) is 0.649. The zero-order valence-corrected chi connectivity index (χ0v) is 11.1. The lowest BCUT2D eigenvalue weighted by molar-refractivity contribution is 0.186. The Labute approximate surface area is 98.8 Å². The number of unbranched alkanes of at least 4 members (excludes halogenated alkanes) is 1. The molecule has 0 aromatic heterocycles. The summed E-state index contributed by atoms with van der Waals surface area (Å²) in [6, 6.07) is 0. The summed E-state index contributed by atoms with van der Waals surface area (Å²) in [5, 5.41) is 3.13. The highest BCUT2D eigenvalue weighted by molar-refractivity contribution is 7.88. The summed E-state index contributed by atoms with van der Waals surface area (Å²) in [7, 11) is -1.02. The van der Waals surface area contributed by atoms with Crippen molar-refractivity contribution in [2.24, 2.45) is 0 Å². The van der Waals surface area contributed by atoms with Gasteiger partial charge in [-0.15, -0.1) is 0 Å². The molecule has 0 spiro atoms. The van der Waals surface area contributed by atoms with Gasteiger partial charge in [0.1, 0.15) is 0 Å². The van der Waals surface area contributed by atoms with E-state index >= 15 is 0 Å². The molecule has 1 saturated heterocycles. The van der Waals surface area contributed by atoms with E-state index in [0.717, 1.165) is 26.2 Å². The predicted octanol–water partition coefficient (Wildman–Crippen LogP) is -0.437. The molecule has 6 heteroatoms. The fourth-order valence-electron chi connectivity index (χ4n) is 1.92. The highest BCUT2D eigenvalue weighted by Crippen LogP contribution is 2.06. The molecule has 1 rings (SSSR count). The van der Waals surface area contributed by atoms with Crippen molar-refractivity contribution in [3.8, 4) is 0 Å². The van der Waals surface area contributed by atoms with E-state index in [9.17, 15) is 8.42 Å². The first kappa shape index (κ1) is 13.9. The molecule has 1 aliphatic rings. The highest BCUT2D eigenvalue weighted by atomic mass is 32.2. The zero-order chi connectivity index (χ0) is 12.0. The minimum Gasteiger partial charge on any atom is -0.320 e. The minimum atomic E-state index is -2.98. The molecule has 16 heavy (non-hydrogen) atoms. The van der Waals surface area contributed by atoms with E-state index in [-0.39, 0.29) is 0 Å². The maximum Gasteiger partial charge on any atom is 0.211 e. The van der Waals surface area contributed by atoms with Crippen molar-refractivity contribution in [2.75, 3.05) is 52.6 Å². The molecular formula is C10H23N3O2S. The average molecular weight is 249 g/mol. The first-order valence-corrected chi connectivity index (χ1v) is 7.71. The number of hydrogen-bond acceptors (Lipinski definition) is 4. The van der Waals surface area contributed by atoms with Gasteiger partial charge in [0.25, 0.3) is 0 Å². The Hall–Kier alpha value is -0.170. The van der Waals surface area contributed by atoms with Crippen molar-refractivity contribution in [1.82, 2.24) is 14.5 Å². The molecule has 0 unspecified atom stereocenters. The van der Waals surface area contributed by atoms with Crippen LogP contribution in [0.15, 0.2) is 0 Å². The number of piperazine rings is 1. The topological polar surface area (TPSA) is 52.6 Å². The minimum absolute atomic E-state index is 0.644. The van der Waals surface area contributed by atoms with Crippen molar-refractivity contribution in [2.45, 2.75) is 12.8 Å². The monoisotopic (exact) mass is 249 g/mol. The van der Waals surface area contributed by atoms with Crippen LogP contribution in [0.25, 0.3) is 0 Å². The Kier molecular flexibility index (Phi) is 5.68. The van der Waals surface area contributed by atoms with Crippen molar-refractivity contribution >= 4 is 10.0 Å². The molecule has 5 nitrogen and oxygen atoms in total. The molecule has 1 fully saturated rings. The molecule has 1 aliphatic heterocycles. The Balaban J connectivity index is 2.17. The Morgan fingerprint density at radius 1 is 1.12 bits per heavy atom. The molecule has 0 saturated carbocycles. The van der Waals surface area contributed by atoms with Gasteiger partial charge in [-0.05, 0) is 33.0 Å². The molecule has 0 amide bonds. The Morgan fingerprint density at radius 3 is 2.25 bits per heavy atom. The molecule has 0 aromatic carbocycles. The summed E-state index contributed by atoms with van der Waals surface area (Å²) in [6.07, 6.45) is 3.65. The lowest BCUT2D eigenvalue weighted by atomic mass is 10.2. The molecule has 1 N–H and O–H groups in total. The van der Waals surface area contributed by atoms with Gasteiger partial charge in [-0.25, -0.2) is 8.42 Å². The smallest absolute Gasteiger partial charge is 0.211 e. The summed E-state index contributed by atoms with van der Waals surface area (Å²) in [5.74, 6) is 0. The van der Waals surface area contributed by atoms with Gasteiger partial charge in [0, 0.05) is 26.2 Å². The molecule has 0 radical (unpaired) electrons. The standard InChI is InChI=1S/C10H23N3O2S/c1-11-5-3-4-6-12-7-9-13(10-8-12)16(2,14)15/h11H,3-10H2,1-2H3. The van der Waals surface area contributed by atoms with Gasteiger partial charge in [-0.3, -0.25) is 0 Å². The van der Waals surface area contributed by atoms with Gasteiger partial charge < -0.3 is 10.2 Å². The lowest BCUT2D eigenvalue weighted by Gasteiger charge is -2.33. The molecule has 0 atom stereocenters. The second-order valence-electron chi connectivity index (χ2n) is 4.31. The van der Waals surface area contributed by atoms with E-state index in [1.807, 2.05) is 7.05 Å². The van der Waals surface area contributed by atoms with Crippen molar-refractivity contribution in [1.29, 1.82) is 0 Å². The number of nitrogens with zero attached hydrogens (tertiary/aromatic N) is 2. The lowest BCUT2D eigenvalue weighted by Crippen LogP contribution is -2.48. The van der Waals surface area contributed by atoms with Gasteiger partial charge in [0.05, 0.1) is 6.26 Å². The fourth-order valence-corrected chi connectivity index (χ4v) is 2.75. The van der Waals surface area contributed by atoms with Gasteiger partial charge in [-0.1, -0.05) is 0 Å². The van der Waals surface area contributed by atoms with Crippen molar-refractivity contribution < 1.29 is 8.42 Å². The van der Waals surface area contributed by atoms with Crippen LogP contribution < -0.4 is 5.32 Å². The third kappa shape index (κ3) is 4.78. The van der Waals surface area contributed by atoms with Gasteiger partial charge in [0.2, 0.25) is 10.0 Å². The molecule has 0 bridgehead atoms. The van der Waals surface area contributed by atoms with Crippen LogP contribution in [0.3, 0.4) is 0 Å². The first-order valence-electron chi connectivity index (χ1n) is 5.86. The van der Waals surface area contributed by atoms with Crippen LogP contribution in [-0.2, 0) is 10.0 Å². The van der Waals surface area contributed by atoms with Crippen LogP contribution in [0.2, 0.25) is 0 Å². The molecule has 0 aliphatic carbocycles. The third-order valence-electron chi connectivity index (χ3n) is 2.95. The van der Waals surface area contributed by atoms with Gasteiger partial charge in [-0.2, -0.15) is 4.31 Å². The SMILES string of the molecule is CNCCCCN1CCN(S(C)(=O)=O)CC1. The Bertz CT molecular complexity index is 284. The summed E-state index contributed by atoms with van der Waals surface area (Å²) >= 11 is 0. The summed E-state index contributed by atoms with van der Waals surface area (Å²) < 4.78 is 24.1. The number of nitrogens with one attached hydrogen (secondary N) is 1. The van der Waals surface area contributed by atoms with Crippen LogP contribution in [0.4, 0.5) is 0 Å². The fraction of sp³-hybridized carbons (Fsp3) is 1.00. The molecular weight excluding hydrogens is 226 g/mol. The normalized spacial score (nSPS) is 20.1. The molecule has 1 heterocycles. The number of hydrogen-bond donors (Lipinski definition) is 1. The van der Waals surface area contributed by atoms with E-state index in [4.69, 9.17) is 0 Å². The van der Waals surface area contributed by atoms with E-state index in [2.05, 4.69) is 10.2 Å². The van der Waals surface area contributed by atoms with E-state index in [1.54, 1.807) is 4.31 Å².